The van der Waals surface area contributed by atoms with E-state index in [4.69, 9.17) is 0 Å². The zero-order valence-corrected chi connectivity index (χ0v) is 18.6. The average molecular weight is 684 g/mol. The molecule has 43 heavy (non-hydrogen) atoms. The summed E-state index contributed by atoms with van der Waals surface area (Å²) in [5, 5.41) is 0. The largest absolute Gasteiger partial charge is 0.457 e. The van der Waals surface area contributed by atoms with E-state index in [-0.39, 0.29) is 0 Å². The van der Waals surface area contributed by atoms with Crippen LogP contribution in [0.1, 0.15) is 33.4 Å². The Morgan fingerprint density at radius 1 is 0.256 bits per heavy atom. The summed E-state index contributed by atoms with van der Waals surface area (Å²) in [4.78, 5) is 0. The van der Waals surface area contributed by atoms with E-state index in [0.29, 0.717) is 0 Å². The molecule has 0 atom stereocenters. The fourth-order valence-corrected chi connectivity index (χ4v) is 3.70. The first-order valence-corrected chi connectivity index (χ1v) is 9.54. The monoisotopic (exact) mass is 684 g/mol. The molecule has 0 aliphatic carbocycles. The first kappa shape index (κ1) is 36.0. The van der Waals surface area contributed by atoms with E-state index in [9.17, 15) is 101 Å². The highest BCUT2D eigenvalue weighted by Crippen LogP contribution is 2.62. The van der Waals surface area contributed by atoms with Crippen LogP contribution in [0, 0.1) is 34.9 Å². The zero-order valence-electron chi connectivity index (χ0n) is 18.6. The highest BCUT2D eigenvalue weighted by Gasteiger charge is 2.77. The molecular formula is C19F24. The van der Waals surface area contributed by atoms with Crippen molar-refractivity contribution in [3.63, 3.8) is 0 Å². The molecular weight excluding hydrogens is 684 g/mol. The minimum atomic E-state index is -8.55. The van der Waals surface area contributed by atoms with Crippen LogP contribution in [0.3, 0.4) is 0 Å². The maximum Gasteiger partial charge on any atom is 0.457 e. The first-order chi connectivity index (χ1) is 18.7. The molecule has 0 radical (unpaired) electrons. The van der Waals surface area contributed by atoms with Gasteiger partial charge in [0.1, 0.15) is 11.1 Å². The Labute approximate surface area is 217 Å². The van der Waals surface area contributed by atoms with E-state index in [2.05, 4.69) is 0 Å². The lowest BCUT2D eigenvalue weighted by atomic mass is 9.74. The number of hydrogen-bond acceptors (Lipinski definition) is 0. The Bertz CT molecular complexity index is 1330. The average Bonchev–Trinajstić information content (AvgIpc) is 2.76. The summed E-state index contributed by atoms with van der Waals surface area (Å²) >= 11 is 0. The van der Waals surface area contributed by atoms with Crippen LogP contribution in [0.2, 0.25) is 0 Å². The minimum absolute atomic E-state index is 4.24. The molecule has 2 rings (SSSR count). The van der Waals surface area contributed by atoms with Crippen LogP contribution in [0.4, 0.5) is 105 Å². The second-order valence-electron chi connectivity index (χ2n) is 7.86. The van der Waals surface area contributed by atoms with Gasteiger partial charge in [-0.1, -0.05) is 0 Å². The van der Waals surface area contributed by atoms with E-state index in [1.165, 1.54) is 0 Å². The number of benzene rings is 2. The third-order valence-corrected chi connectivity index (χ3v) is 5.26. The van der Waals surface area contributed by atoms with E-state index < -0.39 is 111 Å². The van der Waals surface area contributed by atoms with Crippen LogP contribution in [0.25, 0.3) is 0 Å². The van der Waals surface area contributed by atoms with E-state index in [1.807, 2.05) is 0 Å². The van der Waals surface area contributed by atoms with Crippen molar-refractivity contribution in [3.8, 4) is 0 Å². The molecule has 0 saturated heterocycles. The Kier molecular flexibility index (Phi) is 8.27. The third-order valence-electron chi connectivity index (χ3n) is 5.26. The molecule has 0 spiro atoms. The van der Waals surface area contributed by atoms with E-state index in [0.717, 1.165) is 0 Å². The lowest BCUT2D eigenvalue weighted by Crippen LogP contribution is -2.56. The summed E-state index contributed by atoms with van der Waals surface area (Å²) in [7, 11) is 0. The molecule has 0 heterocycles. The SMILES string of the molecule is Fc1c(F)c(C(F)(F)F)c(C(F)(F)F)c(C(F)(c2c(F)c(F)c(F)c(C(F)(F)F)c2C(F)(F)F)C(F)(F)C(F)(F)F)c1F. The molecule has 0 aliphatic heterocycles. The maximum atomic E-state index is 16.1. The zero-order chi connectivity index (χ0) is 34.4. The van der Waals surface area contributed by atoms with Crippen LogP contribution in [0.15, 0.2) is 0 Å². The van der Waals surface area contributed by atoms with Gasteiger partial charge in [-0.3, -0.25) is 0 Å². The topological polar surface area (TPSA) is 0 Å². The molecule has 0 amide bonds. The third kappa shape index (κ3) is 5.37. The Balaban J connectivity index is 3.76. The van der Waals surface area contributed by atoms with Gasteiger partial charge < -0.3 is 0 Å². The molecule has 0 saturated carbocycles. The summed E-state index contributed by atoms with van der Waals surface area (Å²) in [6, 6.07) is 0. The summed E-state index contributed by atoms with van der Waals surface area (Å²) in [5.74, 6) is -35.0. The summed E-state index contributed by atoms with van der Waals surface area (Å²) in [5.41, 5.74) is -37.5. The Morgan fingerprint density at radius 3 is 0.651 bits per heavy atom. The van der Waals surface area contributed by atoms with Crippen LogP contribution in [0.5, 0.6) is 0 Å². The molecule has 2 aromatic rings. The second kappa shape index (κ2) is 9.89. The fraction of sp³-hybridized carbons (Fsp3) is 0.368. The number of rotatable bonds is 3. The molecule has 0 nitrogen and oxygen atoms in total. The van der Waals surface area contributed by atoms with E-state index in [1.54, 1.807) is 0 Å². The first-order valence-electron chi connectivity index (χ1n) is 9.54. The maximum absolute atomic E-state index is 16.1. The summed E-state index contributed by atoms with van der Waals surface area (Å²) < 4.78 is 331. The van der Waals surface area contributed by atoms with Gasteiger partial charge in [-0.15, -0.1) is 0 Å². The van der Waals surface area contributed by atoms with Gasteiger partial charge in [0.05, 0.1) is 22.3 Å². The minimum Gasteiger partial charge on any atom is -0.226 e. The van der Waals surface area contributed by atoms with Gasteiger partial charge >= 0.3 is 36.8 Å². The molecule has 0 N–H and O–H groups in total. The smallest absolute Gasteiger partial charge is 0.226 e. The lowest BCUT2D eigenvalue weighted by molar-refractivity contribution is -0.325. The van der Waals surface area contributed by atoms with Crippen molar-refractivity contribution >= 4 is 0 Å². The van der Waals surface area contributed by atoms with Gasteiger partial charge in [-0.2, -0.15) is 74.6 Å². The normalized spacial score (nSPS) is 14.5. The fourth-order valence-electron chi connectivity index (χ4n) is 3.70. The van der Waals surface area contributed by atoms with Crippen molar-refractivity contribution in [3.05, 3.63) is 68.3 Å². The van der Waals surface area contributed by atoms with Gasteiger partial charge in [-0.25, -0.2) is 30.7 Å². The molecule has 0 unspecified atom stereocenters. The molecule has 0 aromatic heterocycles. The van der Waals surface area contributed by atoms with Crippen LogP contribution in [-0.2, 0) is 30.4 Å². The highest BCUT2D eigenvalue weighted by atomic mass is 19.4. The lowest BCUT2D eigenvalue weighted by Gasteiger charge is -2.39. The van der Waals surface area contributed by atoms with Crippen molar-refractivity contribution in [1.82, 2.24) is 0 Å². The van der Waals surface area contributed by atoms with Crippen molar-refractivity contribution in [2.45, 2.75) is 42.5 Å². The van der Waals surface area contributed by atoms with Gasteiger partial charge in [-0.05, 0) is 0 Å². The quantitative estimate of drug-likeness (QED) is 0.223. The predicted molar refractivity (Wildman–Crippen MR) is 85.5 cm³/mol. The standard InChI is InChI=1S/C19F24/c20-7-3(1(14(27,28)29)5(16(33,34)35)9(22)11(7)24)13(26,18(39,40)19(41,42)43)4-2(15(30,31)32)6(17(36,37)38)10(23)12(25)8(4)21. The summed E-state index contributed by atoms with van der Waals surface area (Å²) in [6.07, 6.45) is -38.1. The van der Waals surface area contributed by atoms with Crippen LogP contribution in [-0.4, -0.2) is 12.1 Å². The summed E-state index contributed by atoms with van der Waals surface area (Å²) in [6.45, 7) is 0. The van der Waals surface area contributed by atoms with Gasteiger partial charge in [0.25, 0.3) is 0 Å². The van der Waals surface area contributed by atoms with Gasteiger partial charge in [0.15, 0.2) is 34.9 Å². The molecule has 24 heteroatoms. The van der Waals surface area contributed by atoms with Gasteiger partial charge in [0, 0.05) is 0 Å². The second-order valence-corrected chi connectivity index (χ2v) is 7.86. The molecule has 244 valence electrons. The number of hydrogen-bond donors (Lipinski definition) is 0. The number of alkyl halides is 18. The molecule has 2 aromatic carbocycles. The molecule has 0 bridgehead atoms. The van der Waals surface area contributed by atoms with Crippen LogP contribution < -0.4 is 0 Å². The van der Waals surface area contributed by atoms with Crippen molar-refractivity contribution in [1.29, 1.82) is 0 Å². The van der Waals surface area contributed by atoms with Crippen LogP contribution >= 0.6 is 0 Å². The predicted octanol–water partition coefficient (Wildman–Crippen LogP) is 10.0. The highest BCUT2D eigenvalue weighted by molar-refractivity contribution is 5.56. The van der Waals surface area contributed by atoms with E-state index >= 15 is 4.39 Å². The molecule has 0 aliphatic rings. The van der Waals surface area contributed by atoms with Crippen molar-refractivity contribution in [2.75, 3.05) is 0 Å². The molecule has 0 fully saturated rings. The number of halogens is 24. The van der Waals surface area contributed by atoms with Gasteiger partial charge in [0.2, 0.25) is 5.67 Å². The van der Waals surface area contributed by atoms with Crippen molar-refractivity contribution < 1.29 is 105 Å². The Hall–Kier alpha value is -3.24. The Morgan fingerprint density at radius 2 is 0.465 bits per heavy atom. The van der Waals surface area contributed by atoms with Crippen molar-refractivity contribution in [2.24, 2.45) is 0 Å².